The number of amides is 1. The fraction of sp³-hybridized carbons (Fsp3) is 0.556. The van der Waals surface area contributed by atoms with Gasteiger partial charge in [0.1, 0.15) is 5.82 Å². The highest BCUT2D eigenvalue weighted by Gasteiger charge is 2.20. The number of imidazole rings is 1. The molecule has 130 valence electrons. The van der Waals surface area contributed by atoms with Crippen LogP contribution in [0.15, 0.2) is 24.3 Å². The highest BCUT2D eigenvalue weighted by molar-refractivity contribution is 5.78. The summed E-state index contributed by atoms with van der Waals surface area (Å²) in [6.45, 7) is 8.04. The molecule has 1 amide bonds. The standard InChI is InChI=1S/C18H27N5O/c1-3-8-19-18(24)14-23-11-9-22(10-12-23)13-17-20-15-6-4-5-7-16(15)21(17)2/h4-7H,3,8-14H2,1-2H3,(H,19,24). The molecule has 1 aliphatic rings. The molecule has 0 unspecified atom stereocenters. The fourth-order valence-corrected chi connectivity index (χ4v) is 3.17. The van der Waals surface area contributed by atoms with Crippen LogP contribution in [0.5, 0.6) is 0 Å². The van der Waals surface area contributed by atoms with Crippen LogP contribution in [0, 0.1) is 0 Å². The van der Waals surface area contributed by atoms with E-state index in [2.05, 4.69) is 51.9 Å². The molecule has 24 heavy (non-hydrogen) atoms. The molecule has 0 bridgehead atoms. The van der Waals surface area contributed by atoms with Gasteiger partial charge in [-0.3, -0.25) is 14.6 Å². The first-order valence-corrected chi connectivity index (χ1v) is 8.79. The highest BCUT2D eigenvalue weighted by atomic mass is 16.2. The zero-order valence-corrected chi connectivity index (χ0v) is 14.7. The van der Waals surface area contributed by atoms with Gasteiger partial charge >= 0.3 is 0 Å². The Morgan fingerprint density at radius 2 is 1.88 bits per heavy atom. The molecule has 1 saturated heterocycles. The molecular weight excluding hydrogens is 302 g/mol. The van der Waals surface area contributed by atoms with Crippen molar-refractivity contribution in [1.29, 1.82) is 0 Å². The summed E-state index contributed by atoms with van der Waals surface area (Å²) in [7, 11) is 2.08. The smallest absolute Gasteiger partial charge is 0.234 e. The van der Waals surface area contributed by atoms with Gasteiger partial charge in [-0.25, -0.2) is 4.98 Å². The number of nitrogens with one attached hydrogen (secondary N) is 1. The topological polar surface area (TPSA) is 53.4 Å². The summed E-state index contributed by atoms with van der Waals surface area (Å²) < 4.78 is 2.18. The minimum Gasteiger partial charge on any atom is -0.355 e. The SMILES string of the molecule is CCCNC(=O)CN1CCN(Cc2nc3ccccc3n2C)CC1. The van der Waals surface area contributed by atoms with Gasteiger partial charge in [-0.2, -0.15) is 0 Å². The third-order valence-corrected chi connectivity index (χ3v) is 4.65. The molecule has 6 heteroatoms. The number of piperazine rings is 1. The average Bonchev–Trinajstić information content (AvgIpc) is 2.91. The van der Waals surface area contributed by atoms with E-state index < -0.39 is 0 Å². The molecule has 1 aliphatic heterocycles. The molecule has 0 radical (unpaired) electrons. The average molecular weight is 329 g/mol. The molecule has 1 fully saturated rings. The minimum absolute atomic E-state index is 0.139. The van der Waals surface area contributed by atoms with Gasteiger partial charge in [-0.15, -0.1) is 0 Å². The van der Waals surface area contributed by atoms with Crippen molar-refractivity contribution in [1.82, 2.24) is 24.7 Å². The third-order valence-electron chi connectivity index (χ3n) is 4.65. The number of aryl methyl sites for hydroxylation is 1. The summed E-state index contributed by atoms with van der Waals surface area (Å²) in [4.78, 5) is 21.2. The molecule has 0 saturated carbocycles. The van der Waals surface area contributed by atoms with Gasteiger partial charge in [0.2, 0.25) is 5.91 Å². The normalized spacial score (nSPS) is 16.6. The van der Waals surface area contributed by atoms with E-state index >= 15 is 0 Å². The van der Waals surface area contributed by atoms with Gasteiger partial charge in [-0.05, 0) is 18.6 Å². The van der Waals surface area contributed by atoms with E-state index in [1.807, 2.05) is 6.07 Å². The van der Waals surface area contributed by atoms with Gasteiger partial charge in [0.05, 0.1) is 24.1 Å². The van der Waals surface area contributed by atoms with Crippen molar-refractivity contribution in [2.45, 2.75) is 19.9 Å². The van der Waals surface area contributed by atoms with Crippen LogP contribution >= 0.6 is 0 Å². The van der Waals surface area contributed by atoms with E-state index in [9.17, 15) is 4.79 Å². The lowest BCUT2D eigenvalue weighted by Crippen LogP contribution is -2.49. The summed E-state index contributed by atoms with van der Waals surface area (Å²) in [6, 6.07) is 8.25. The Kier molecular flexibility index (Phi) is 5.48. The van der Waals surface area contributed by atoms with E-state index in [-0.39, 0.29) is 5.91 Å². The molecule has 0 spiro atoms. The summed E-state index contributed by atoms with van der Waals surface area (Å²) in [5, 5.41) is 2.95. The number of hydrogen-bond donors (Lipinski definition) is 1. The molecule has 6 nitrogen and oxygen atoms in total. The molecule has 2 aromatic rings. The maximum Gasteiger partial charge on any atom is 0.234 e. The van der Waals surface area contributed by atoms with E-state index in [0.717, 1.165) is 57.0 Å². The summed E-state index contributed by atoms with van der Waals surface area (Å²) in [5.41, 5.74) is 2.24. The predicted octanol–water partition coefficient (Wildman–Crippen LogP) is 1.22. The minimum atomic E-state index is 0.139. The second-order valence-electron chi connectivity index (χ2n) is 6.48. The van der Waals surface area contributed by atoms with Gasteiger partial charge in [0, 0.05) is 39.8 Å². The Balaban J connectivity index is 1.51. The van der Waals surface area contributed by atoms with E-state index in [4.69, 9.17) is 4.98 Å². The van der Waals surface area contributed by atoms with Gasteiger partial charge in [0.15, 0.2) is 0 Å². The van der Waals surface area contributed by atoms with Crippen LogP contribution < -0.4 is 5.32 Å². The number of para-hydroxylation sites is 2. The Bertz CT molecular complexity index is 688. The Hall–Kier alpha value is -1.92. The molecular formula is C18H27N5O. The molecule has 0 atom stereocenters. The van der Waals surface area contributed by atoms with Crippen LogP contribution in [0.4, 0.5) is 0 Å². The van der Waals surface area contributed by atoms with Gasteiger partial charge in [-0.1, -0.05) is 19.1 Å². The highest BCUT2D eigenvalue weighted by Crippen LogP contribution is 2.16. The maximum atomic E-state index is 11.8. The second-order valence-corrected chi connectivity index (χ2v) is 6.48. The molecule has 3 rings (SSSR count). The molecule has 1 N–H and O–H groups in total. The summed E-state index contributed by atoms with van der Waals surface area (Å²) >= 11 is 0. The number of fused-ring (bicyclic) bond motifs is 1. The third kappa shape index (κ3) is 3.94. The fourth-order valence-electron chi connectivity index (χ4n) is 3.17. The Labute approximate surface area is 143 Å². The maximum absolute atomic E-state index is 11.8. The van der Waals surface area contributed by atoms with Crippen molar-refractivity contribution in [3.05, 3.63) is 30.1 Å². The number of carbonyl (C=O) groups is 1. The van der Waals surface area contributed by atoms with Crippen LogP contribution in [-0.4, -0.2) is 64.5 Å². The monoisotopic (exact) mass is 329 g/mol. The molecule has 1 aromatic carbocycles. The van der Waals surface area contributed by atoms with Crippen molar-refractivity contribution >= 4 is 16.9 Å². The quantitative estimate of drug-likeness (QED) is 0.866. The lowest BCUT2D eigenvalue weighted by atomic mass is 10.3. The number of carbonyl (C=O) groups excluding carboxylic acids is 1. The zero-order valence-electron chi connectivity index (χ0n) is 14.7. The summed E-state index contributed by atoms with van der Waals surface area (Å²) in [6.07, 6.45) is 0.984. The van der Waals surface area contributed by atoms with Gasteiger partial charge < -0.3 is 9.88 Å². The molecule has 1 aromatic heterocycles. The van der Waals surface area contributed by atoms with Crippen molar-refractivity contribution in [3.63, 3.8) is 0 Å². The van der Waals surface area contributed by atoms with Crippen LogP contribution in [0.25, 0.3) is 11.0 Å². The van der Waals surface area contributed by atoms with Crippen molar-refractivity contribution in [3.8, 4) is 0 Å². The van der Waals surface area contributed by atoms with Crippen molar-refractivity contribution in [2.24, 2.45) is 7.05 Å². The van der Waals surface area contributed by atoms with Crippen LogP contribution in [0.2, 0.25) is 0 Å². The van der Waals surface area contributed by atoms with E-state index in [1.54, 1.807) is 0 Å². The van der Waals surface area contributed by atoms with E-state index in [1.165, 1.54) is 5.52 Å². The zero-order chi connectivity index (χ0) is 16.9. The van der Waals surface area contributed by atoms with E-state index in [0.29, 0.717) is 6.54 Å². The first-order chi connectivity index (χ1) is 11.7. The summed E-state index contributed by atoms with van der Waals surface area (Å²) in [5.74, 6) is 1.24. The largest absolute Gasteiger partial charge is 0.355 e. The van der Waals surface area contributed by atoms with Crippen LogP contribution in [-0.2, 0) is 18.4 Å². The second kappa shape index (κ2) is 7.77. The number of hydrogen-bond acceptors (Lipinski definition) is 4. The predicted molar refractivity (Wildman–Crippen MR) is 95.7 cm³/mol. The van der Waals surface area contributed by atoms with Crippen molar-refractivity contribution < 1.29 is 4.79 Å². The van der Waals surface area contributed by atoms with Crippen molar-refractivity contribution in [2.75, 3.05) is 39.3 Å². The lowest BCUT2D eigenvalue weighted by Gasteiger charge is -2.34. The molecule has 2 heterocycles. The first kappa shape index (κ1) is 16.9. The Morgan fingerprint density at radius 3 is 2.58 bits per heavy atom. The lowest BCUT2D eigenvalue weighted by molar-refractivity contribution is -0.122. The number of rotatable bonds is 6. The first-order valence-electron chi connectivity index (χ1n) is 8.79. The van der Waals surface area contributed by atoms with Gasteiger partial charge in [0.25, 0.3) is 0 Å². The molecule has 0 aliphatic carbocycles. The number of benzene rings is 1. The van der Waals surface area contributed by atoms with Crippen LogP contribution in [0.3, 0.4) is 0 Å². The van der Waals surface area contributed by atoms with Crippen LogP contribution in [0.1, 0.15) is 19.2 Å². The Morgan fingerprint density at radius 1 is 1.17 bits per heavy atom. The number of nitrogens with zero attached hydrogens (tertiary/aromatic N) is 4. The number of aromatic nitrogens is 2.